The van der Waals surface area contributed by atoms with Crippen molar-refractivity contribution in [2.75, 3.05) is 19.3 Å². The van der Waals surface area contributed by atoms with Crippen LogP contribution in [-0.2, 0) is 10.0 Å². The largest absolute Gasteiger partial charge is 0.334 e. The number of nitrogens with one attached hydrogen (secondary N) is 1. The minimum absolute atomic E-state index is 0.193. The Hall–Kier alpha value is -1.47. The average Bonchev–Trinajstić information content (AvgIpc) is 2.47. The van der Waals surface area contributed by atoms with Gasteiger partial charge in [0.25, 0.3) is 5.91 Å². The van der Waals surface area contributed by atoms with Gasteiger partial charge in [0, 0.05) is 24.7 Å². The Bertz CT molecular complexity index is 661. The van der Waals surface area contributed by atoms with E-state index in [-0.39, 0.29) is 18.5 Å². The molecule has 1 amide bonds. The van der Waals surface area contributed by atoms with Gasteiger partial charge >= 0.3 is 0 Å². The van der Waals surface area contributed by atoms with Crippen molar-refractivity contribution in [1.29, 1.82) is 0 Å². The number of halogens is 1. The number of likely N-dealkylation sites (tertiary alicyclic amines) is 1. The summed E-state index contributed by atoms with van der Waals surface area (Å²) >= 11 is 0. The molecule has 0 aromatic heterocycles. The van der Waals surface area contributed by atoms with Crippen molar-refractivity contribution in [2.24, 2.45) is 0 Å². The molecule has 0 radical (unpaired) electrons. The van der Waals surface area contributed by atoms with Crippen molar-refractivity contribution in [3.63, 3.8) is 0 Å². The molecule has 1 N–H and O–H groups in total. The van der Waals surface area contributed by atoms with Gasteiger partial charge in [-0.25, -0.2) is 17.5 Å². The van der Waals surface area contributed by atoms with Crippen LogP contribution in [0.5, 0.6) is 0 Å². The number of nitrogens with zero attached hydrogens (tertiary/aromatic N) is 1. The molecule has 5 nitrogen and oxygen atoms in total. The Morgan fingerprint density at radius 3 is 2.77 bits per heavy atom. The zero-order valence-corrected chi connectivity index (χ0v) is 13.6. The van der Waals surface area contributed by atoms with Gasteiger partial charge in [0.2, 0.25) is 10.0 Å². The molecule has 0 unspecified atom stereocenters. The molecule has 22 heavy (non-hydrogen) atoms. The maximum absolute atomic E-state index is 13.6. The summed E-state index contributed by atoms with van der Waals surface area (Å²) in [6, 6.07) is 4.24. The molecule has 1 heterocycles. The van der Waals surface area contributed by atoms with Crippen LogP contribution < -0.4 is 4.72 Å². The molecule has 1 aromatic rings. The lowest BCUT2D eigenvalue weighted by Gasteiger charge is -2.35. The van der Waals surface area contributed by atoms with Crippen LogP contribution in [-0.4, -0.2) is 44.6 Å². The van der Waals surface area contributed by atoms with Crippen LogP contribution in [0, 0.1) is 12.7 Å². The predicted molar refractivity (Wildman–Crippen MR) is 82.7 cm³/mol. The van der Waals surface area contributed by atoms with E-state index in [1.807, 2.05) is 0 Å². The van der Waals surface area contributed by atoms with E-state index in [0.29, 0.717) is 17.7 Å². The fourth-order valence-electron chi connectivity index (χ4n) is 2.62. The highest BCUT2D eigenvalue weighted by Gasteiger charge is 2.28. The SMILES string of the molecule is Cc1ccc(C(=O)N2CCCC[C@@H]2CNS(C)(=O)=O)cc1F. The monoisotopic (exact) mass is 328 g/mol. The second-order valence-electron chi connectivity index (χ2n) is 5.73. The van der Waals surface area contributed by atoms with Crippen molar-refractivity contribution in [3.05, 3.63) is 35.1 Å². The molecular weight excluding hydrogens is 307 g/mol. The van der Waals surface area contributed by atoms with E-state index in [1.54, 1.807) is 24.0 Å². The van der Waals surface area contributed by atoms with Crippen molar-refractivity contribution in [2.45, 2.75) is 32.2 Å². The lowest BCUT2D eigenvalue weighted by Crippen LogP contribution is -2.49. The lowest BCUT2D eigenvalue weighted by molar-refractivity contribution is 0.0618. The third kappa shape index (κ3) is 4.27. The molecule has 7 heteroatoms. The van der Waals surface area contributed by atoms with Gasteiger partial charge < -0.3 is 4.90 Å². The first kappa shape index (κ1) is 16.9. The van der Waals surface area contributed by atoms with Crippen LogP contribution in [0.25, 0.3) is 0 Å². The van der Waals surface area contributed by atoms with Gasteiger partial charge in [-0.1, -0.05) is 6.07 Å². The van der Waals surface area contributed by atoms with Crippen molar-refractivity contribution < 1.29 is 17.6 Å². The first-order valence-electron chi connectivity index (χ1n) is 7.29. The summed E-state index contributed by atoms with van der Waals surface area (Å²) in [5.41, 5.74) is 0.792. The molecule has 1 atom stereocenters. The number of piperidine rings is 1. The van der Waals surface area contributed by atoms with Gasteiger partial charge in [-0.15, -0.1) is 0 Å². The third-order valence-electron chi connectivity index (χ3n) is 3.89. The van der Waals surface area contributed by atoms with Gasteiger partial charge in [-0.05, 0) is 43.9 Å². The third-order valence-corrected chi connectivity index (χ3v) is 4.58. The number of carbonyl (C=O) groups is 1. The highest BCUT2D eigenvalue weighted by Crippen LogP contribution is 2.20. The topological polar surface area (TPSA) is 66.5 Å². The Morgan fingerprint density at radius 2 is 2.14 bits per heavy atom. The number of hydrogen-bond donors (Lipinski definition) is 1. The zero-order chi connectivity index (χ0) is 16.3. The second-order valence-corrected chi connectivity index (χ2v) is 7.57. The molecule has 0 aliphatic carbocycles. The summed E-state index contributed by atoms with van der Waals surface area (Å²) in [5, 5.41) is 0. The normalized spacial score (nSPS) is 19.2. The maximum atomic E-state index is 13.6. The molecule has 1 aliphatic heterocycles. The minimum Gasteiger partial charge on any atom is -0.334 e. The van der Waals surface area contributed by atoms with Gasteiger partial charge in [0.1, 0.15) is 5.82 Å². The molecule has 0 spiro atoms. The van der Waals surface area contributed by atoms with Gasteiger partial charge in [-0.2, -0.15) is 0 Å². The average molecular weight is 328 g/mol. The van der Waals surface area contributed by atoms with Crippen LogP contribution in [0.2, 0.25) is 0 Å². The van der Waals surface area contributed by atoms with Crippen molar-refractivity contribution in [3.8, 4) is 0 Å². The van der Waals surface area contributed by atoms with E-state index in [2.05, 4.69) is 4.72 Å². The number of benzene rings is 1. The number of carbonyl (C=O) groups excluding carboxylic acids is 1. The van der Waals surface area contributed by atoms with E-state index >= 15 is 0 Å². The standard InChI is InChI=1S/C15H21FN2O3S/c1-11-6-7-12(9-14(11)16)15(19)18-8-4-3-5-13(18)10-17-22(2,20)21/h6-7,9,13,17H,3-5,8,10H2,1-2H3/t13-/m1/s1. The number of aryl methyl sites for hydroxylation is 1. The zero-order valence-electron chi connectivity index (χ0n) is 12.8. The first-order valence-corrected chi connectivity index (χ1v) is 9.19. The molecule has 0 saturated carbocycles. The molecule has 1 aromatic carbocycles. The number of rotatable bonds is 4. The summed E-state index contributed by atoms with van der Waals surface area (Å²) < 4.78 is 38.6. The molecule has 2 rings (SSSR count). The summed E-state index contributed by atoms with van der Waals surface area (Å²) in [4.78, 5) is 14.2. The molecular formula is C15H21FN2O3S. The van der Waals surface area contributed by atoms with Crippen LogP contribution in [0.4, 0.5) is 4.39 Å². The Morgan fingerprint density at radius 1 is 1.41 bits per heavy atom. The fraction of sp³-hybridized carbons (Fsp3) is 0.533. The van der Waals surface area contributed by atoms with E-state index in [4.69, 9.17) is 0 Å². The molecule has 1 aliphatic rings. The van der Waals surface area contributed by atoms with E-state index < -0.39 is 15.8 Å². The summed E-state index contributed by atoms with van der Waals surface area (Å²) in [5.74, 6) is -0.660. The molecule has 1 fully saturated rings. The van der Waals surface area contributed by atoms with Crippen molar-refractivity contribution >= 4 is 15.9 Å². The van der Waals surface area contributed by atoms with Crippen LogP contribution >= 0.6 is 0 Å². The molecule has 122 valence electrons. The number of hydrogen-bond acceptors (Lipinski definition) is 3. The second kappa shape index (κ2) is 6.75. The Labute approximate surface area is 130 Å². The van der Waals surface area contributed by atoms with Gasteiger partial charge in [0.05, 0.1) is 6.26 Å². The molecule has 0 bridgehead atoms. The molecule has 1 saturated heterocycles. The predicted octanol–water partition coefficient (Wildman–Crippen LogP) is 1.68. The lowest BCUT2D eigenvalue weighted by atomic mass is 10.0. The van der Waals surface area contributed by atoms with Gasteiger partial charge in [0.15, 0.2) is 0 Å². The van der Waals surface area contributed by atoms with E-state index in [9.17, 15) is 17.6 Å². The van der Waals surface area contributed by atoms with E-state index in [0.717, 1.165) is 25.5 Å². The summed E-state index contributed by atoms with van der Waals surface area (Å²) in [7, 11) is -3.30. The number of amides is 1. The Balaban J connectivity index is 2.15. The summed E-state index contributed by atoms with van der Waals surface area (Å²) in [6.07, 6.45) is 3.65. The van der Waals surface area contributed by atoms with Crippen LogP contribution in [0.1, 0.15) is 35.2 Å². The maximum Gasteiger partial charge on any atom is 0.254 e. The number of sulfonamides is 1. The van der Waals surface area contributed by atoms with Crippen molar-refractivity contribution in [1.82, 2.24) is 9.62 Å². The van der Waals surface area contributed by atoms with Crippen LogP contribution in [0.3, 0.4) is 0 Å². The van der Waals surface area contributed by atoms with Crippen LogP contribution in [0.15, 0.2) is 18.2 Å². The first-order chi connectivity index (χ1) is 10.3. The fourth-order valence-corrected chi connectivity index (χ4v) is 3.11. The smallest absolute Gasteiger partial charge is 0.254 e. The van der Waals surface area contributed by atoms with E-state index in [1.165, 1.54) is 6.07 Å². The highest BCUT2D eigenvalue weighted by atomic mass is 32.2. The Kier molecular flexibility index (Phi) is 5.18. The highest BCUT2D eigenvalue weighted by molar-refractivity contribution is 7.88. The minimum atomic E-state index is -3.30. The van der Waals surface area contributed by atoms with Gasteiger partial charge in [-0.3, -0.25) is 4.79 Å². The summed E-state index contributed by atoms with van der Waals surface area (Å²) in [6.45, 7) is 2.40. The quantitative estimate of drug-likeness (QED) is 0.914.